The smallest absolute Gasteiger partial charge is 0.305 e. The van der Waals surface area contributed by atoms with Crippen molar-refractivity contribution in [3.05, 3.63) is 35.6 Å². The Bertz CT molecular complexity index is 466. The molecule has 1 aromatic carbocycles. The number of likely N-dealkylation sites (tertiary alicyclic amines) is 1. The highest BCUT2D eigenvalue weighted by Gasteiger charge is 2.39. The second-order valence-electron chi connectivity index (χ2n) is 5.86. The lowest BCUT2D eigenvalue weighted by atomic mass is 9.82. The average Bonchev–Trinajstić information content (AvgIpc) is 2.75. The maximum Gasteiger partial charge on any atom is 0.305 e. The zero-order valence-corrected chi connectivity index (χ0v) is 12.6. The van der Waals surface area contributed by atoms with E-state index in [1.807, 2.05) is 6.92 Å². The van der Waals surface area contributed by atoms with Crippen molar-refractivity contribution in [1.29, 1.82) is 0 Å². The van der Waals surface area contributed by atoms with Gasteiger partial charge in [0.2, 0.25) is 0 Å². The van der Waals surface area contributed by atoms with Crippen molar-refractivity contribution in [2.24, 2.45) is 0 Å². The predicted octanol–water partition coefficient (Wildman–Crippen LogP) is 3.78. The molecule has 0 aromatic heterocycles. The molecule has 116 valence electrons. The minimum Gasteiger partial charge on any atom is -0.481 e. The van der Waals surface area contributed by atoms with Crippen molar-refractivity contribution < 1.29 is 14.3 Å². The molecule has 1 unspecified atom stereocenters. The van der Waals surface area contributed by atoms with Gasteiger partial charge in [-0.2, -0.15) is 0 Å². The highest BCUT2D eigenvalue weighted by atomic mass is 19.1. The lowest BCUT2D eigenvalue weighted by Gasteiger charge is -2.43. The molecule has 0 saturated carbocycles. The Kier molecular flexibility index (Phi) is 5.34. The van der Waals surface area contributed by atoms with Crippen LogP contribution in [0.4, 0.5) is 4.39 Å². The Hall–Kier alpha value is -1.42. The molecule has 1 aliphatic heterocycles. The first-order chi connectivity index (χ1) is 10.1. The summed E-state index contributed by atoms with van der Waals surface area (Å²) in [4.78, 5) is 13.7. The van der Waals surface area contributed by atoms with E-state index in [1.54, 1.807) is 12.1 Å². The number of nitrogens with zero attached hydrogens (tertiary/aromatic N) is 1. The van der Waals surface area contributed by atoms with Gasteiger partial charge in [0.1, 0.15) is 5.82 Å². The number of aliphatic carboxylic acids is 1. The molecular formula is C17H24FNO2. The van der Waals surface area contributed by atoms with Gasteiger partial charge in [-0.15, -0.1) is 0 Å². The van der Waals surface area contributed by atoms with Gasteiger partial charge in [0.25, 0.3) is 0 Å². The molecule has 0 bridgehead atoms. The molecule has 0 aliphatic carbocycles. The van der Waals surface area contributed by atoms with Gasteiger partial charge < -0.3 is 5.11 Å². The molecule has 2 rings (SSSR count). The van der Waals surface area contributed by atoms with Gasteiger partial charge in [-0.1, -0.05) is 31.9 Å². The van der Waals surface area contributed by atoms with Crippen molar-refractivity contribution in [2.45, 2.75) is 51.0 Å². The van der Waals surface area contributed by atoms with Crippen LogP contribution in [0.3, 0.4) is 0 Å². The van der Waals surface area contributed by atoms with E-state index in [0.717, 1.165) is 31.5 Å². The third-order valence-corrected chi connectivity index (χ3v) is 4.62. The highest BCUT2D eigenvalue weighted by Crippen LogP contribution is 2.37. The van der Waals surface area contributed by atoms with Crippen molar-refractivity contribution >= 4 is 5.97 Å². The molecule has 21 heavy (non-hydrogen) atoms. The van der Waals surface area contributed by atoms with Crippen LogP contribution in [-0.2, 0) is 10.3 Å². The average molecular weight is 293 g/mol. The molecule has 1 heterocycles. The van der Waals surface area contributed by atoms with Crippen molar-refractivity contribution in [1.82, 2.24) is 4.90 Å². The molecule has 1 aromatic rings. The first kappa shape index (κ1) is 16.0. The molecular weight excluding hydrogens is 269 g/mol. The normalized spacial score (nSPS) is 19.7. The van der Waals surface area contributed by atoms with Gasteiger partial charge in [-0.25, -0.2) is 4.39 Å². The Labute approximate surface area is 125 Å². The Morgan fingerprint density at radius 1 is 1.19 bits per heavy atom. The Balaban J connectivity index is 2.40. The summed E-state index contributed by atoms with van der Waals surface area (Å²) in [7, 11) is 0. The molecule has 0 amide bonds. The van der Waals surface area contributed by atoms with E-state index in [2.05, 4.69) is 4.90 Å². The van der Waals surface area contributed by atoms with Crippen LogP contribution in [0.2, 0.25) is 0 Å². The first-order valence-electron chi connectivity index (χ1n) is 7.81. The van der Waals surface area contributed by atoms with Crippen LogP contribution in [0.25, 0.3) is 0 Å². The van der Waals surface area contributed by atoms with Crippen LogP contribution in [0, 0.1) is 5.82 Å². The van der Waals surface area contributed by atoms with Gasteiger partial charge in [0.15, 0.2) is 0 Å². The summed E-state index contributed by atoms with van der Waals surface area (Å²) >= 11 is 0. The number of carboxylic acids is 1. The number of rotatable bonds is 5. The summed E-state index contributed by atoms with van der Waals surface area (Å²) in [5.41, 5.74) is 0.389. The van der Waals surface area contributed by atoms with E-state index in [9.17, 15) is 14.3 Å². The minimum absolute atomic E-state index is 0.0646. The van der Waals surface area contributed by atoms with E-state index >= 15 is 0 Å². The topological polar surface area (TPSA) is 40.5 Å². The van der Waals surface area contributed by atoms with E-state index in [-0.39, 0.29) is 12.2 Å². The van der Waals surface area contributed by atoms with Crippen LogP contribution in [0.15, 0.2) is 24.3 Å². The van der Waals surface area contributed by atoms with Crippen LogP contribution >= 0.6 is 0 Å². The van der Waals surface area contributed by atoms with Crippen LogP contribution in [0.1, 0.15) is 51.0 Å². The molecule has 1 N–H and O–H groups in total. The number of benzene rings is 1. The minimum atomic E-state index is -0.801. The lowest BCUT2D eigenvalue weighted by Crippen LogP contribution is -2.47. The summed E-state index contributed by atoms with van der Waals surface area (Å²) in [5.74, 6) is -1.08. The second-order valence-corrected chi connectivity index (χ2v) is 5.86. The molecule has 1 fully saturated rings. The van der Waals surface area contributed by atoms with Crippen molar-refractivity contribution in [3.8, 4) is 0 Å². The SMILES string of the molecule is CCC(CC(=O)O)(c1ccc(F)cc1)N1CCCCCC1. The zero-order chi connectivity index (χ0) is 15.3. The molecule has 0 spiro atoms. The van der Waals surface area contributed by atoms with E-state index in [0.29, 0.717) is 6.42 Å². The summed E-state index contributed by atoms with van der Waals surface area (Å²) in [6.07, 6.45) is 5.38. The van der Waals surface area contributed by atoms with Crippen molar-refractivity contribution in [2.75, 3.05) is 13.1 Å². The Morgan fingerprint density at radius 2 is 1.76 bits per heavy atom. The number of carboxylic acid groups (broad SMARTS) is 1. The van der Waals surface area contributed by atoms with Gasteiger partial charge >= 0.3 is 5.97 Å². The van der Waals surface area contributed by atoms with E-state index in [1.165, 1.54) is 25.0 Å². The van der Waals surface area contributed by atoms with E-state index < -0.39 is 11.5 Å². The van der Waals surface area contributed by atoms with Crippen LogP contribution in [-0.4, -0.2) is 29.1 Å². The quantitative estimate of drug-likeness (QED) is 0.898. The zero-order valence-electron chi connectivity index (χ0n) is 12.6. The third kappa shape index (κ3) is 3.62. The third-order valence-electron chi connectivity index (χ3n) is 4.62. The fraction of sp³-hybridized carbons (Fsp3) is 0.588. The first-order valence-corrected chi connectivity index (χ1v) is 7.81. The fourth-order valence-corrected chi connectivity index (χ4v) is 3.46. The standard InChI is InChI=1S/C17H24FNO2/c1-2-17(13-16(20)21,14-7-9-15(18)10-8-14)19-11-5-3-4-6-12-19/h7-10H,2-6,11-13H2,1H3,(H,20,21). The maximum absolute atomic E-state index is 13.2. The molecule has 1 atom stereocenters. The van der Waals surface area contributed by atoms with Gasteiger partial charge in [0, 0.05) is 0 Å². The number of hydrogen-bond donors (Lipinski definition) is 1. The molecule has 1 aliphatic rings. The van der Waals surface area contributed by atoms with Crippen LogP contribution < -0.4 is 0 Å². The monoisotopic (exact) mass is 293 g/mol. The summed E-state index contributed by atoms with van der Waals surface area (Å²) in [6.45, 7) is 3.86. The number of carbonyl (C=O) groups is 1. The maximum atomic E-state index is 13.2. The number of hydrogen-bond acceptors (Lipinski definition) is 2. The highest BCUT2D eigenvalue weighted by molar-refractivity contribution is 5.69. The fourth-order valence-electron chi connectivity index (χ4n) is 3.46. The van der Waals surface area contributed by atoms with Gasteiger partial charge in [0.05, 0.1) is 12.0 Å². The van der Waals surface area contributed by atoms with Gasteiger partial charge in [-0.3, -0.25) is 9.69 Å². The molecule has 1 saturated heterocycles. The molecule has 4 heteroatoms. The largest absolute Gasteiger partial charge is 0.481 e. The second kappa shape index (κ2) is 7.03. The summed E-state index contributed by atoms with van der Waals surface area (Å²) in [6, 6.07) is 6.35. The molecule has 3 nitrogen and oxygen atoms in total. The summed E-state index contributed by atoms with van der Waals surface area (Å²) < 4.78 is 13.2. The summed E-state index contributed by atoms with van der Waals surface area (Å²) in [5, 5.41) is 9.40. The van der Waals surface area contributed by atoms with Crippen molar-refractivity contribution in [3.63, 3.8) is 0 Å². The number of halogens is 1. The van der Waals surface area contributed by atoms with Crippen LogP contribution in [0.5, 0.6) is 0 Å². The Morgan fingerprint density at radius 3 is 2.24 bits per heavy atom. The molecule has 0 radical (unpaired) electrons. The van der Waals surface area contributed by atoms with E-state index in [4.69, 9.17) is 0 Å². The predicted molar refractivity (Wildman–Crippen MR) is 80.7 cm³/mol. The lowest BCUT2D eigenvalue weighted by molar-refractivity contribution is -0.141. The van der Waals surface area contributed by atoms with Gasteiger partial charge in [-0.05, 0) is 50.0 Å².